The maximum Gasteiger partial charge on any atom is 0.247 e. The molecule has 2 fully saturated rings. The lowest BCUT2D eigenvalue weighted by atomic mass is 9.96. The van der Waals surface area contributed by atoms with Gasteiger partial charge in [-0.3, -0.25) is 9.89 Å². The lowest BCUT2D eigenvalue weighted by Gasteiger charge is -2.27. The van der Waals surface area contributed by atoms with E-state index in [-0.39, 0.29) is 5.91 Å². The van der Waals surface area contributed by atoms with Crippen molar-refractivity contribution in [1.82, 2.24) is 25.1 Å². The molecular weight excluding hydrogens is 459 g/mol. The number of rotatable bonds is 6. The van der Waals surface area contributed by atoms with E-state index in [9.17, 15) is 9.18 Å². The first-order valence-corrected chi connectivity index (χ1v) is 13.1. The van der Waals surface area contributed by atoms with Crippen LogP contribution < -0.4 is 15.5 Å². The van der Waals surface area contributed by atoms with Gasteiger partial charge in [0.1, 0.15) is 11.9 Å². The predicted molar refractivity (Wildman–Crippen MR) is 135 cm³/mol. The van der Waals surface area contributed by atoms with Crippen LogP contribution in [-0.2, 0) is 17.6 Å². The number of nitrogens with one attached hydrogen (secondary N) is 3. The van der Waals surface area contributed by atoms with Crippen LogP contribution in [-0.4, -0.2) is 43.6 Å². The lowest BCUT2D eigenvalue weighted by molar-refractivity contribution is -0.117. The minimum absolute atomic E-state index is 0.162. The first kappa shape index (κ1) is 22.9. The maximum absolute atomic E-state index is 13.2. The average Bonchev–Trinajstić information content (AvgIpc) is 3.67. The number of hydrogen-bond acceptors (Lipinski definition) is 7. The third kappa shape index (κ3) is 4.64. The van der Waals surface area contributed by atoms with E-state index in [1.54, 1.807) is 0 Å². The smallest absolute Gasteiger partial charge is 0.247 e. The molecule has 0 bridgehead atoms. The van der Waals surface area contributed by atoms with Crippen LogP contribution in [0.15, 0.2) is 24.4 Å². The molecule has 4 heterocycles. The summed E-state index contributed by atoms with van der Waals surface area (Å²) in [5.74, 6) is 1.94. The summed E-state index contributed by atoms with van der Waals surface area (Å²) in [4.78, 5) is 28.6. The number of anilines is 4. The molecule has 3 aromatic rings. The zero-order chi connectivity index (χ0) is 24.5. The van der Waals surface area contributed by atoms with E-state index in [4.69, 9.17) is 9.97 Å². The van der Waals surface area contributed by atoms with Gasteiger partial charge in [0.05, 0.1) is 17.6 Å². The van der Waals surface area contributed by atoms with Gasteiger partial charge in [-0.05, 0) is 63.5 Å². The van der Waals surface area contributed by atoms with Gasteiger partial charge in [0.2, 0.25) is 17.8 Å². The van der Waals surface area contributed by atoms with E-state index in [0.717, 1.165) is 55.0 Å². The fourth-order valence-corrected chi connectivity index (χ4v) is 5.73. The van der Waals surface area contributed by atoms with E-state index in [1.165, 1.54) is 49.7 Å². The van der Waals surface area contributed by atoms with Crippen molar-refractivity contribution in [3.63, 3.8) is 0 Å². The third-order valence-electron chi connectivity index (χ3n) is 7.62. The van der Waals surface area contributed by atoms with Gasteiger partial charge in [-0.1, -0.05) is 12.8 Å². The molecule has 3 N–H and O–H groups in total. The fraction of sp³-hybridized carbons (Fsp3) is 0.500. The Morgan fingerprint density at radius 1 is 1.06 bits per heavy atom. The second-order valence-electron chi connectivity index (χ2n) is 10.0. The van der Waals surface area contributed by atoms with E-state index in [2.05, 4.69) is 31.9 Å². The summed E-state index contributed by atoms with van der Waals surface area (Å²) in [5, 5.41) is 14.1. The quantitative estimate of drug-likeness (QED) is 0.432. The zero-order valence-corrected chi connectivity index (χ0v) is 20.3. The first-order valence-electron chi connectivity index (χ1n) is 13.1. The molecule has 1 aliphatic heterocycles. The van der Waals surface area contributed by atoms with E-state index in [1.807, 2.05) is 4.90 Å². The van der Waals surface area contributed by atoms with Crippen LogP contribution in [0.3, 0.4) is 0 Å². The number of aromatic amines is 1. The maximum atomic E-state index is 13.2. The highest BCUT2D eigenvalue weighted by Gasteiger charge is 2.34. The highest BCUT2D eigenvalue weighted by atomic mass is 19.1. The average molecular weight is 491 g/mol. The molecule has 3 aliphatic rings. The number of carbonyl (C=O) groups is 1. The number of aryl methyl sites for hydroxylation is 1. The molecule has 1 amide bonds. The molecule has 36 heavy (non-hydrogen) atoms. The molecular formula is C26H31FN8O. The summed E-state index contributed by atoms with van der Waals surface area (Å²) in [6.45, 7) is 0.701. The normalized spacial score (nSPS) is 19.9. The summed E-state index contributed by atoms with van der Waals surface area (Å²) in [6.07, 6.45) is 11.9. The van der Waals surface area contributed by atoms with Crippen LogP contribution >= 0.6 is 0 Å². The van der Waals surface area contributed by atoms with Crippen molar-refractivity contribution in [2.75, 3.05) is 22.1 Å². The predicted octanol–water partition coefficient (Wildman–Crippen LogP) is 4.62. The fourth-order valence-electron chi connectivity index (χ4n) is 5.73. The Kier molecular flexibility index (Phi) is 6.25. The molecule has 0 radical (unpaired) electrons. The van der Waals surface area contributed by atoms with Crippen molar-refractivity contribution >= 4 is 29.2 Å². The zero-order valence-electron chi connectivity index (χ0n) is 20.3. The standard InChI is InChI=1S/C26H31FN8O/c27-22-12-11-17(15-28-22)29-25(36)21-10-5-13-35(21)26-30-19-9-4-3-8-18(19)24(32-26)31-23-14-20(33-34-23)16-6-1-2-7-16/h11-12,14-16,21H,1-10,13H2,(H,29,36)(H2,30,31,32,33,34). The highest BCUT2D eigenvalue weighted by Crippen LogP contribution is 2.35. The van der Waals surface area contributed by atoms with Crippen LogP contribution in [0.2, 0.25) is 0 Å². The number of aromatic nitrogens is 5. The second-order valence-corrected chi connectivity index (χ2v) is 10.0. The van der Waals surface area contributed by atoms with Crippen molar-refractivity contribution in [3.05, 3.63) is 47.3 Å². The van der Waals surface area contributed by atoms with E-state index < -0.39 is 12.0 Å². The molecule has 6 rings (SSSR count). The van der Waals surface area contributed by atoms with Crippen LogP contribution in [0.4, 0.5) is 27.7 Å². The Hall–Kier alpha value is -3.56. The van der Waals surface area contributed by atoms with Crippen molar-refractivity contribution in [3.8, 4) is 0 Å². The molecule has 188 valence electrons. The minimum Gasteiger partial charge on any atom is -0.329 e. The Balaban J connectivity index is 1.25. The summed E-state index contributed by atoms with van der Waals surface area (Å²) >= 11 is 0. The number of carbonyl (C=O) groups excluding carboxylic acids is 1. The SMILES string of the molecule is O=C(Nc1ccc(F)nc1)C1CCCN1c1nc2c(c(Nc3cc(C4CCCC4)[nH]n3)n1)CCCC2. The number of hydrogen-bond donors (Lipinski definition) is 3. The molecule has 1 saturated carbocycles. The molecule has 0 aromatic carbocycles. The number of fused-ring (bicyclic) bond motifs is 1. The number of pyridine rings is 1. The van der Waals surface area contributed by atoms with Crippen LogP contribution in [0.5, 0.6) is 0 Å². The molecule has 1 unspecified atom stereocenters. The van der Waals surface area contributed by atoms with Crippen LogP contribution in [0.1, 0.15) is 74.2 Å². The Morgan fingerprint density at radius 2 is 1.92 bits per heavy atom. The van der Waals surface area contributed by atoms with Gasteiger partial charge < -0.3 is 15.5 Å². The number of halogens is 1. The van der Waals surface area contributed by atoms with E-state index in [0.29, 0.717) is 30.5 Å². The van der Waals surface area contributed by atoms with Gasteiger partial charge >= 0.3 is 0 Å². The van der Waals surface area contributed by atoms with Gasteiger partial charge in [0.25, 0.3) is 0 Å². The molecule has 0 spiro atoms. The monoisotopic (exact) mass is 490 g/mol. The number of amides is 1. The number of nitrogens with zero attached hydrogens (tertiary/aromatic N) is 5. The molecule has 1 atom stereocenters. The van der Waals surface area contributed by atoms with Crippen LogP contribution in [0.25, 0.3) is 0 Å². The highest BCUT2D eigenvalue weighted by molar-refractivity contribution is 5.96. The largest absolute Gasteiger partial charge is 0.329 e. The summed E-state index contributed by atoms with van der Waals surface area (Å²) in [5.41, 5.74) is 3.85. The van der Waals surface area contributed by atoms with Gasteiger partial charge in [0.15, 0.2) is 5.82 Å². The molecule has 2 aliphatic carbocycles. The third-order valence-corrected chi connectivity index (χ3v) is 7.62. The molecule has 9 nitrogen and oxygen atoms in total. The number of H-pyrrole nitrogens is 1. The lowest BCUT2D eigenvalue weighted by Crippen LogP contribution is -2.41. The second kappa shape index (κ2) is 9.83. The van der Waals surface area contributed by atoms with Gasteiger partial charge in [-0.2, -0.15) is 14.5 Å². The molecule has 1 saturated heterocycles. The van der Waals surface area contributed by atoms with Crippen molar-refractivity contribution in [2.24, 2.45) is 0 Å². The van der Waals surface area contributed by atoms with Crippen molar-refractivity contribution in [1.29, 1.82) is 0 Å². The first-order chi connectivity index (χ1) is 17.6. The minimum atomic E-state index is -0.578. The van der Waals surface area contributed by atoms with Gasteiger partial charge in [-0.15, -0.1) is 0 Å². The van der Waals surface area contributed by atoms with Gasteiger partial charge in [0, 0.05) is 29.8 Å². The van der Waals surface area contributed by atoms with Crippen molar-refractivity contribution in [2.45, 2.75) is 76.2 Å². The molecule has 3 aromatic heterocycles. The van der Waals surface area contributed by atoms with Crippen molar-refractivity contribution < 1.29 is 9.18 Å². The van der Waals surface area contributed by atoms with Crippen LogP contribution in [0, 0.1) is 5.95 Å². The Labute approximate surface area is 209 Å². The summed E-state index contributed by atoms with van der Waals surface area (Å²) in [6, 6.07) is 4.46. The van der Waals surface area contributed by atoms with Gasteiger partial charge in [-0.25, -0.2) is 9.97 Å². The molecule has 10 heteroatoms. The van der Waals surface area contributed by atoms with E-state index >= 15 is 0 Å². The summed E-state index contributed by atoms with van der Waals surface area (Å²) in [7, 11) is 0. The Bertz CT molecular complexity index is 1240. The summed E-state index contributed by atoms with van der Waals surface area (Å²) < 4.78 is 13.2. The topological polar surface area (TPSA) is 112 Å². The Morgan fingerprint density at radius 3 is 2.75 bits per heavy atom.